The molecule has 1 aromatic rings. The molecule has 2 aliphatic carbocycles. The van der Waals surface area contributed by atoms with Gasteiger partial charge in [0.2, 0.25) is 0 Å². The Morgan fingerprint density at radius 3 is 2.54 bits per heavy atom. The molecule has 3 fully saturated rings. The second kappa shape index (κ2) is 7.07. The molecule has 0 amide bonds. The molecule has 0 aromatic carbocycles. The first kappa shape index (κ1) is 16.4. The lowest BCUT2D eigenvalue weighted by Crippen LogP contribution is -2.39. The highest BCUT2D eigenvalue weighted by Crippen LogP contribution is 2.42. The van der Waals surface area contributed by atoms with Crippen molar-refractivity contribution < 1.29 is 5.11 Å². The van der Waals surface area contributed by atoms with Crippen molar-refractivity contribution in [2.24, 2.45) is 5.73 Å². The van der Waals surface area contributed by atoms with E-state index in [0.717, 1.165) is 64.2 Å². The summed E-state index contributed by atoms with van der Waals surface area (Å²) in [6.07, 6.45) is 6.34. The summed E-state index contributed by atoms with van der Waals surface area (Å²) in [6.45, 7) is 4.80. The molecule has 0 unspecified atom stereocenters. The number of nitrogens with two attached hydrogens (primary N) is 1. The molecule has 1 aromatic heterocycles. The lowest BCUT2D eigenvalue weighted by Gasteiger charge is -2.32. The Kier molecular flexibility index (Phi) is 4.85. The molecule has 2 heterocycles. The molecule has 4 N–H and O–H groups in total. The SMILES string of the molecule is NC1CC(c2nnc(CNCCN3CCC(O)CC3)n2C2CC2)C1. The number of piperidine rings is 1. The predicted molar refractivity (Wildman–Crippen MR) is 91.6 cm³/mol. The first-order valence-electron chi connectivity index (χ1n) is 9.51. The van der Waals surface area contributed by atoms with Crippen LogP contribution < -0.4 is 11.1 Å². The molecule has 134 valence electrons. The summed E-state index contributed by atoms with van der Waals surface area (Å²) >= 11 is 0. The standard InChI is InChI=1S/C17H30N6O/c18-13-9-12(10-13)17-21-20-16(23(17)14-1-2-14)11-19-5-8-22-6-3-15(24)4-7-22/h12-15,19,24H,1-11,18H2. The molecule has 24 heavy (non-hydrogen) atoms. The van der Waals surface area contributed by atoms with E-state index in [4.69, 9.17) is 5.73 Å². The van der Waals surface area contributed by atoms with Gasteiger partial charge in [-0.05, 0) is 38.5 Å². The molecular formula is C17H30N6O. The van der Waals surface area contributed by atoms with Gasteiger partial charge in [0.1, 0.15) is 11.6 Å². The number of likely N-dealkylation sites (tertiary alicyclic amines) is 1. The number of aliphatic hydroxyl groups excluding tert-OH is 1. The lowest BCUT2D eigenvalue weighted by atomic mass is 9.80. The van der Waals surface area contributed by atoms with Gasteiger partial charge in [0.15, 0.2) is 0 Å². The third-order valence-corrected chi connectivity index (χ3v) is 5.69. The smallest absolute Gasteiger partial charge is 0.147 e. The van der Waals surface area contributed by atoms with Crippen LogP contribution in [0, 0.1) is 0 Å². The predicted octanol–water partition coefficient (Wildman–Crippen LogP) is 0.364. The van der Waals surface area contributed by atoms with E-state index in [9.17, 15) is 5.11 Å². The third-order valence-electron chi connectivity index (χ3n) is 5.69. The molecule has 0 spiro atoms. The van der Waals surface area contributed by atoms with E-state index in [0.29, 0.717) is 18.0 Å². The molecule has 4 rings (SSSR count). The zero-order chi connectivity index (χ0) is 16.5. The van der Waals surface area contributed by atoms with E-state index in [-0.39, 0.29) is 6.10 Å². The van der Waals surface area contributed by atoms with Gasteiger partial charge in [0.05, 0.1) is 12.6 Å². The minimum absolute atomic E-state index is 0.0932. The molecule has 0 bridgehead atoms. The van der Waals surface area contributed by atoms with Crippen LogP contribution >= 0.6 is 0 Å². The van der Waals surface area contributed by atoms with Crippen molar-refractivity contribution in [2.75, 3.05) is 26.2 Å². The number of aromatic nitrogens is 3. The number of aliphatic hydroxyl groups is 1. The monoisotopic (exact) mass is 334 g/mol. The topological polar surface area (TPSA) is 92.2 Å². The molecule has 3 aliphatic rings. The number of nitrogens with one attached hydrogen (secondary N) is 1. The van der Waals surface area contributed by atoms with Gasteiger partial charge in [-0.2, -0.15) is 0 Å². The van der Waals surface area contributed by atoms with E-state index in [1.54, 1.807) is 0 Å². The zero-order valence-electron chi connectivity index (χ0n) is 14.4. The Morgan fingerprint density at radius 1 is 1.12 bits per heavy atom. The summed E-state index contributed by atoms with van der Waals surface area (Å²) in [5.41, 5.74) is 5.94. The van der Waals surface area contributed by atoms with Gasteiger partial charge in [-0.3, -0.25) is 0 Å². The van der Waals surface area contributed by atoms with Crippen molar-refractivity contribution in [3.63, 3.8) is 0 Å². The maximum absolute atomic E-state index is 9.56. The summed E-state index contributed by atoms with van der Waals surface area (Å²) < 4.78 is 2.39. The fourth-order valence-corrected chi connectivity index (χ4v) is 3.92. The van der Waals surface area contributed by atoms with Crippen molar-refractivity contribution >= 4 is 0 Å². The fourth-order valence-electron chi connectivity index (χ4n) is 3.92. The molecule has 0 radical (unpaired) electrons. The van der Waals surface area contributed by atoms with Crippen LogP contribution in [0.1, 0.15) is 62.1 Å². The average molecular weight is 334 g/mol. The maximum atomic E-state index is 9.56. The van der Waals surface area contributed by atoms with Gasteiger partial charge >= 0.3 is 0 Å². The van der Waals surface area contributed by atoms with Crippen LogP contribution in [0.5, 0.6) is 0 Å². The highest BCUT2D eigenvalue weighted by atomic mass is 16.3. The number of hydrogen-bond donors (Lipinski definition) is 3. The van der Waals surface area contributed by atoms with Crippen LogP contribution in [0.2, 0.25) is 0 Å². The Labute approximate surface area is 143 Å². The molecule has 7 nitrogen and oxygen atoms in total. The molecule has 0 atom stereocenters. The van der Waals surface area contributed by atoms with Crippen molar-refractivity contribution in [1.29, 1.82) is 0 Å². The van der Waals surface area contributed by atoms with Crippen LogP contribution in [0.25, 0.3) is 0 Å². The van der Waals surface area contributed by atoms with Gasteiger partial charge in [-0.1, -0.05) is 0 Å². The molecule has 1 aliphatic heterocycles. The Hall–Kier alpha value is -1.02. The van der Waals surface area contributed by atoms with Crippen molar-refractivity contribution in [1.82, 2.24) is 25.0 Å². The maximum Gasteiger partial charge on any atom is 0.147 e. The van der Waals surface area contributed by atoms with Crippen LogP contribution in [-0.2, 0) is 6.54 Å². The van der Waals surface area contributed by atoms with Gasteiger partial charge < -0.3 is 25.6 Å². The minimum atomic E-state index is -0.0932. The summed E-state index contributed by atoms with van der Waals surface area (Å²) in [6, 6.07) is 0.969. The Bertz CT molecular complexity index is 543. The van der Waals surface area contributed by atoms with E-state index in [2.05, 4.69) is 25.0 Å². The Balaban J connectivity index is 1.27. The number of hydrogen-bond acceptors (Lipinski definition) is 6. The molecule has 7 heteroatoms. The third kappa shape index (κ3) is 3.64. The summed E-state index contributed by atoms with van der Waals surface area (Å²) in [4.78, 5) is 2.42. The van der Waals surface area contributed by atoms with E-state index >= 15 is 0 Å². The van der Waals surface area contributed by atoms with Crippen LogP contribution in [0.4, 0.5) is 0 Å². The molecule has 2 saturated carbocycles. The highest BCUT2D eigenvalue weighted by Gasteiger charge is 2.36. The fraction of sp³-hybridized carbons (Fsp3) is 0.882. The van der Waals surface area contributed by atoms with Gasteiger partial charge in [0.25, 0.3) is 0 Å². The zero-order valence-corrected chi connectivity index (χ0v) is 14.4. The van der Waals surface area contributed by atoms with Crippen molar-refractivity contribution in [2.45, 2.75) is 69.2 Å². The quantitative estimate of drug-likeness (QED) is 0.624. The largest absolute Gasteiger partial charge is 0.393 e. The Morgan fingerprint density at radius 2 is 1.88 bits per heavy atom. The minimum Gasteiger partial charge on any atom is -0.393 e. The van der Waals surface area contributed by atoms with Crippen LogP contribution in [0.15, 0.2) is 0 Å². The summed E-state index contributed by atoms with van der Waals surface area (Å²) in [5.74, 6) is 2.77. The van der Waals surface area contributed by atoms with E-state index in [1.807, 2.05) is 0 Å². The second-order valence-corrected chi connectivity index (χ2v) is 7.75. The summed E-state index contributed by atoms with van der Waals surface area (Å²) in [5, 5.41) is 22.0. The van der Waals surface area contributed by atoms with Crippen LogP contribution in [-0.4, -0.2) is 63.1 Å². The number of rotatable bonds is 7. The van der Waals surface area contributed by atoms with Gasteiger partial charge in [-0.25, -0.2) is 0 Å². The highest BCUT2D eigenvalue weighted by molar-refractivity contribution is 5.12. The van der Waals surface area contributed by atoms with Gasteiger partial charge in [0, 0.05) is 44.2 Å². The molecular weight excluding hydrogens is 304 g/mol. The first-order chi connectivity index (χ1) is 11.7. The van der Waals surface area contributed by atoms with Gasteiger partial charge in [-0.15, -0.1) is 10.2 Å². The average Bonchev–Trinajstić information content (AvgIpc) is 3.31. The van der Waals surface area contributed by atoms with Crippen LogP contribution in [0.3, 0.4) is 0 Å². The second-order valence-electron chi connectivity index (χ2n) is 7.75. The molecule has 1 saturated heterocycles. The van der Waals surface area contributed by atoms with Crippen molar-refractivity contribution in [3.05, 3.63) is 11.6 Å². The normalized spacial score (nSPS) is 28.9. The van der Waals surface area contributed by atoms with E-state index < -0.39 is 0 Å². The van der Waals surface area contributed by atoms with E-state index in [1.165, 1.54) is 18.7 Å². The lowest BCUT2D eigenvalue weighted by molar-refractivity contribution is 0.0830. The summed E-state index contributed by atoms with van der Waals surface area (Å²) in [7, 11) is 0. The first-order valence-corrected chi connectivity index (χ1v) is 9.51. The number of nitrogens with zero attached hydrogens (tertiary/aromatic N) is 4. The van der Waals surface area contributed by atoms with Crippen molar-refractivity contribution in [3.8, 4) is 0 Å².